The molecule has 2 aliphatic heterocycles. The quantitative estimate of drug-likeness (QED) is 0.894. The molecule has 1 aromatic rings. The molecule has 19 heavy (non-hydrogen) atoms. The van der Waals surface area contributed by atoms with Crippen molar-refractivity contribution in [2.45, 2.75) is 38.6 Å². The summed E-state index contributed by atoms with van der Waals surface area (Å²) in [7, 11) is 2.21. The molecule has 0 aromatic carbocycles. The van der Waals surface area contributed by atoms with Gasteiger partial charge < -0.3 is 14.6 Å². The van der Waals surface area contributed by atoms with Crippen molar-refractivity contribution in [3.8, 4) is 0 Å². The highest BCUT2D eigenvalue weighted by molar-refractivity contribution is 5.08. The zero-order valence-corrected chi connectivity index (χ0v) is 11.9. The number of nitrogens with zero attached hydrogens (tertiary/aromatic N) is 3. The summed E-state index contributed by atoms with van der Waals surface area (Å²) < 4.78 is 2.30. The summed E-state index contributed by atoms with van der Waals surface area (Å²) in [4.78, 5) is 7.22. The maximum Gasteiger partial charge on any atom is 0.109 e. The van der Waals surface area contributed by atoms with Crippen LogP contribution in [0.4, 0.5) is 0 Å². The van der Waals surface area contributed by atoms with Gasteiger partial charge in [0.05, 0.1) is 5.69 Å². The van der Waals surface area contributed by atoms with E-state index in [2.05, 4.69) is 22.7 Å². The van der Waals surface area contributed by atoms with E-state index in [9.17, 15) is 5.11 Å². The average Bonchev–Trinajstić information content (AvgIpc) is 2.82. The molecule has 0 amide bonds. The minimum atomic E-state index is 0.303. The Morgan fingerprint density at radius 3 is 2.68 bits per heavy atom. The molecule has 0 bridgehead atoms. The van der Waals surface area contributed by atoms with Crippen LogP contribution < -0.4 is 0 Å². The SMILES string of the molecule is CN1CCC(Cc2cn3c(n2)CC(CO)CC3)CC1. The molecule has 0 saturated carbocycles. The number of fused-ring (bicyclic) bond motifs is 1. The molecule has 0 spiro atoms. The number of hydrogen-bond acceptors (Lipinski definition) is 3. The first-order chi connectivity index (χ1) is 9.24. The topological polar surface area (TPSA) is 41.3 Å². The Hall–Kier alpha value is -0.870. The molecule has 1 saturated heterocycles. The van der Waals surface area contributed by atoms with E-state index < -0.39 is 0 Å². The first-order valence-electron chi connectivity index (χ1n) is 7.59. The molecular formula is C15H25N3O. The highest BCUT2D eigenvalue weighted by Gasteiger charge is 2.22. The molecule has 2 aliphatic rings. The fourth-order valence-electron chi connectivity index (χ4n) is 3.37. The van der Waals surface area contributed by atoms with Crippen LogP contribution in [0.1, 0.15) is 30.8 Å². The zero-order chi connectivity index (χ0) is 13.2. The van der Waals surface area contributed by atoms with Gasteiger partial charge in [0.25, 0.3) is 0 Å². The summed E-state index contributed by atoms with van der Waals surface area (Å²) >= 11 is 0. The number of imidazole rings is 1. The summed E-state index contributed by atoms with van der Waals surface area (Å²) in [5.74, 6) is 2.42. The third-order valence-corrected chi connectivity index (χ3v) is 4.75. The van der Waals surface area contributed by atoms with Crippen LogP contribution in [0.15, 0.2) is 6.20 Å². The van der Waals surface area contributed by atoms with Crippen molar-refractivity contribution >= 4 is 0 Å². The van der Waals surface area contributed by atoms with Crippen LogP contribution in [0.2, 0.25) is 0 Å². The number of likely N-dealkylation sites (tertiary alicyclic amines) is 1. The Bertz CT molecular complexity index is 421. The van der Waals surface area contributed by atoms with Crippen molar-refractivity contribution < 1.29 is 5.11 Å². The number of aromatic nitrogens is 2. The Morgan fingerprint density at radius 2 is 1.95 bits per heavy atom. The number of aliphatic hydroxyl groups is 1. The van der Waals surface area contributed by atoms with Crippen molar-refractivity contribution in [3.63, 3.8) is 0 Å². The van der Waals surface area contributed by atoms with Gasteiger partial charge in [-0.3, -0.25) is 0 Å². The van der Waals surface area contributed by atoms with Gasteiger partial charge >= 0.3 is 0 Å². The minimum absolute atomic E-state index is 0.303. The lowest BCUT2D eigenvalue weighted by Crippen LogP contribution is -2.31. The fourth-order valence-corrected chi connectivity index (χ4v) is 3.37. The number of aliphatic hydroxyl groups excluding tert-OH is 1. The van der Waals surface area contributed by atoms with E-state index in [-0.39, 0.29) is 0 Å². The van der Waals surface area contributed by atoms with Gasteiger partial charge in [-0.05, 0) is 57.7 Å². The van der Waals surface area contributed by atoms with E-state index in [1.807, 2.05) is 0 Å². The Labute approximate surface area is 115 Å². The van der Waals surface area contributed by atoms with Crippen LogP contribution in [0.3, 0.4) is 0 Å². The molecule has 1 fully saturated rings. The monoisotopic (exact) mass is 263 g/mol. The molecule has 4 nitrogen and oxygen atoms in total. The molecule has 3 heterocycles. The molecule has 1 unspecified atom stereocenters. The van der Waals surface area contributed by atoms with Crippen molar-refractivity contribution in [3.05, 3.63) is 17.7 Å². The molecule has 0 aliphatic carbocycles. The van der Waals surface area contributed by atoms with Gasteiger partial charge in [0, 0.05) is 25.8 Å². The third kappa shape index (κ3) is 3.00. The Balaban J connectivity index is 1.62. The van der Waals surface area contributed by atoms with E-state index in [4.69, 9.17) is 4.98 Å². The maximum absolute atomic E-state index is 9.27. The number of aryl methyl sites for hydroxylation is 1. The van der Waals surface area contributed by atoms with Gasteiger partial charge in [-0.2, -0.15) is 0 Å². The second-order valence-corrected chi connectivity index (χ2v) is 6.33. The van der Waals surface area contributed by atoms with E-state index in [1.54, 1.807) is 0 Å². The summed E-state index contributed by atoms with van der Waals surface area (Å²) in [5, 5.41) is 9.27. The molecular weight excluding hydrogens is 238 g/mol. The normalized spacial score (nSPS) is 25.5. The predicted molar refractivity (Wildman–Crippen MR) is 75.0 cm³/mol. The standard InChI is InChI=1S/C15H25N3O/c1-17-5-2-12(3-6-17)8-14-10-18-7-4-13(11-19)9-15(18)16-14/h10,12-13,19H,2-9,11H2,1H3. The minimum Gasteiger partial charge on any atom is -0.396 e. The smallest absolute Gasteiger partial charge is 0.109 e. The Kier molecular flexibility index (Phi) is 3.89. The molecule has 1 N–H and O–H groups in total. The van der Waals surface area contributed by atoms with Gasteiger partial charge in [-0.1, -0.05) is 0 Å². The van der Waals surface area contributed by atoms with Gasteiger partial charge in [-0.15, -0.1) is 0 Å². The molecule has 1 atom stereocenters. The lowest BCUT2D eigenvalue weighted by molar-refractivity contribution is 0.199. The average molecular weight is 263 g/mol. The second-order valence-electron chi connectivity index (χ2n) is 6.33. The summed E-state index contributed by atoms with van der Waals surface area (Å²) in [6.45, 7) is 3.79. The number of rotatable bonds is 3. The van der Waals surface area contributed by atoms with Gasteiger partial charge in [0.1, 0.15) is 5.82 Å². The number of piperidine rings is 1. The molecule has 0 radical (unpaired) electrons. The highest BCUT2D eigenvalue weighted by atomic mass is 16.3. The first-order valence-corrected chi connectivity index (χ1v) is 7.59. The lowest BCUT2D eigenvalue weighted by Gasteiger charge is -2.28. The summed E-state index contributed by atoms with van der Waals surface area (Å²) in [6, 6.07) is 0. The van der Waals surface area contributed by atoms with Crippen molar-refractivity contribution in [2.75, 3.05) is 26.7 Å². The number of hydrogen-bond donors (Lipinski definition) is 1. The van der Waals surface area contributed by atoms with Crippen molar-refractivity contribution in [2.24, 2.45) is 11.8 Å². The van der Waals surface area contributed by atoms with Crippen LogP contribution >= 0.6 is 0 Å². The fraction of sp³-hybridized carbons (Fsp3) is 0.800. The first kappa shape index (κ1) is 13.1. The van der Waals surface area contributed by atoms with Crippen molar-refractivity contribution in [1.29, 1.82) is 0 Å². The van der Waals surface area contributed by atoms with Crippen molar-refractivity contribution in [1.82, 2.24) is 14.5 Å². The van der Waals surface area contributed by atoms with Crippen LogP contribution in [0.25, 0.3) is 0 Å². The zero-order valence-electron chi connectivity index (χ0n) is 11.9. The van der Waals surface area contributed by atoms with E-state index in [0.717, 1.165) is 31.7 Å². The van der Waals surface area contributed by atoms with Gasteiger partial charge in [0.15, 0.2) is 0 Å². The Morgan fingerprint density at radius 1 is 1.21 bits per heavy atom. The summed E-state index contributed by atoms with van der Waals surface area (Å²) in [5.41, 5.74) is 1.27. The van der Waals surface area contributed by atoms with E-state index >= 15 is 0 Å². The van der Waals surface area contributed by atoms with E-state index in [1.165, 1.54) is 37.4 Å². The van der Waals surface area contributed by atoms with Crippen LogP contribution in [0, 0.1) is 11.8 Å². The maximum atomic E-state index is 9.27. The summed E-state index contributed by atoms with van der Waals surface area (Å²) in [6.07, 6.45) is 8.03. The van der Waals surface area contributed by atoms with Gasteiger partial charge in [0.2, 0.25) is 0 Å². The van der Waals surface area contributed by atoms with Crippen LogP contribution in [-0.2, 0) is 19.4 Å². The van der Waals surface area contributed by atoms with Crippen LogP contribution in [-0.4, -0.2) is 46.3 Å². The third-order valence-electron chi connectivity index (χ3n) is 4.75. The van der Waals surface area contributed by atoms with Crippen LogP contribution in [0.5, 0.6) is 0 Å². The molecule has 3 rings (SSSR count). The predicted octanol–water partition coefficient (Wildman–Crippen LogP) is 1.32. The molecule has 1 aromatic heterocycles. The molecule has 106 valence electrons. The highest BCUT2D eigenvalue weighted by Crippen LogP contribution is 2.24. The largest absolute Gasteiger partial charge is 0.396 e. The van der Waals surface area contributed by atoms with E-state index in [0.29, 0.717) is 12.5 Å². The molecule has 4 heteroatoms. The van der Waals surface area contributed by atoms with Gasteiger partial charge in [-0.25, -0.2) is 4.98 Å². The lowest BCUT2D eigenvalue weighted by atomic mass is 9.93. The second kappa shape index (κ2) is 5.63.